The molecule has 112 valence electrons. The van der Waals surface area contributed by atoms with Crippen LogP contribution in [0.15, 0.2) is 47.1 Å². The highest BCUT2D eigenvalue weighted by Crippen LogP contribution is 2.27. The molecule has 0 fully saturated rings. The van der Waals surface area contributed by atoms with Crippen LogP contribution in [0.5, 0.6) is 5.75 Å². The molecule has 1 heterocycles. The minimum absolute atomic E-state index is 0.197. The predicted molar refractivity (Wildman–Crippen MR) is 94.2 cm³/mol. The molecule has 0 atom stereocenters. The van der Waals surface area contributed by atoms with Gasteiger partial charge in [0.15, 0.2) is 0 Å². The van der Waals surface area contributed by atoms with Crippen molar-refractivity contribution >= 4 is 39.5 Å². The Labute approximate surface area is 142 Å². The van der Waals surface area contributed by atoms with Gasteiger partial charge in [-0.15, -0.1) is 0 Å². The van der Waals surface area contributed by atoms with E-state index in [2.05, 4.69) is 28.7 Å². The molecule has 0 aliphatic carbocycles. The van der Waals surface area contributed by atoms with E-state index in [0.717, 1.165) is 31.2 Å². The van der Waals surface area contributed by atoms with Gasteiger partial charge in [-0.2, -0.15) is 0 Å². The van der Waals surface area contributed by atoms with Crippen molar-refractivity contribution in [2.75, 3.05) is 0 Å². The van der Waals surface area contributed by atoms with E-state index in [-0.39, 0.29) is 12.4 Å². The van der Waals surface area contributed by atoms with Gasteiger partial charge >= 0.3 is 5.97 Å². The lowest BCUT2D eigenvalue weighted by Gasteiger charge is -2.05. The Bertz CT molecular complexity index is 831. The van der Waals surface area contributed by atoms with Crippen LogP contribution in [-0.2, 0) is 11.2 Å². The van der Waals surface area contributed by atoms with Gasteiger partial charge in [0.2, 0.25) is 0 Å². The maximum atomic E-state index is 12.1. The number of hydrogen-bond acceptors (Lipinski definition) is 3. The number of carbonyl (C=O) groups excluding carboxylic acids is 1. The number of aryl methyl sites for hydroxylation is 2. The van der Waals surface area contributed by atoms with Crippen molar-refractivity contribution in [3.05, 3.63) is 62.9 Å². The Balaban J connectivity index is 1.81. The first-order valence-electron chi connectivity index (χ1n) is 6.96. The minimum Gasteiger partial charge on any atom is -0.464 e. The van der Waals surface area contributed by atoms with Crippen LogP contribution in [0.1, 0.15) is 16.7 Å². The summed E-state index contributed by atoms with van der Waals surface area (Å²) in [5.41, 5.74) is 3.94. The lowest BCUT2D eigenvalue weighted by molar-refractivity contribution is -0.133. The molecule has 0 aliphatic rings. The number of esters is 1. The molecule has 0 saturated heterocycles. The first-order chi connectivity index (χ1) is 10.5. The minimum atomic E-state index is -0.288. The number of halogens is 1. The Morgan fingerprint density at radius 2 is 1.91 bits per heavy atom. The molecular weight excluding hydrogens is 391 g/mol. The van der Waals surface area contributed by atoms with Gasteiger partial charge in [0.25, 0.3) is 0 Å². The van der Waals surface area contributed by atoms with Crippen molar-refractivity contribution in [1.82, 2.24) is 0 Å². The predicted octanol–water partition coefficient (Wildman–Crippen LogP) is 4.80. The van der Waals surface area contributed by atoms with Crippen molar-refractivity contribution in [2.24, 2.45) is 0 Å². The average Bonchev–Trinajstić information content (AvgIpc) is 2.84. The molecule has 22 heavy (non-hydrogen) atoms. The maximum absolute atomic E-state index is 12.1. The summed E-state index contributed by atoms with van der Waals surface area (Å²) in [7, 11) is 0. The van der Waals surface area contributed by atoms with Crippen molar-refractivity contribution in [3.63, 3.8) is 0 Å². The summed E-state index contributed by atoms with van der Waals surface area (Å²) in [6.45, 7) is 4.05. The number of fused-ring (bicyclic) bond motifs is 1. The molecule has 0 aliphatic heterocycles. The van der Waals surface area contributed by atoms with E-state index in [4.69, 9.17) is 9.15 Å². The van der Waals surface area contributed by atoms with E-state index >= 15 is 0 Å². The molecular formula is C18H15IO3. The van der Waals surface area contributed by atoms with E-state index in [1.807, 2.05) is 32.0 Å². The molecule has 3 rings (SSSR count). The van der Waals surface area contributed by atoms with Crippen LogP contribution in [0.2, 0.25) is 0 Å². The zero-order valence-corrected chi connectivity index (χ0v) is 14.5. The lowest BCUT2D eigenvalue weighted by atomic mass is 10.0. The second-order valence-electron chi connectivity index (χ2n) is 5.32. The zero-order chi connectivity index (χ0) is 15.7. The maximum Gasteiger partial charge on any atom is 0.315 e. The lowest BCUT2D eigenvalue weighted by Crippen LogP contribution is -2.11. The summed E-state index contributed by atoms with van der Waals surface area (Å²) in [5, 5.41) is 1.00. The summed E-state index contributed by atoms with van der Waals surface area (Å²) < 4.78 is 12.0. The number of rotatable bonds is 3. The van der Waals surface area contributed by atoms with Crippen LogP contribution < -0.4 is 4.74 Å². The fourth-order valence-electron chi connectivity index (χ4n) is 2.58. The fourth-order valence-corrected chi connectivity index (χ4v) is 2.94. The molecule has 3 nitrogen and oxygen atoms in total. The third kappa shape index (κ3) is 3.16. The number of carbonyl (C=O) groups is 1. The van der Waals surface area contributed by atoms with Gasteiger partial charge in [0.05, 0.1) is 12.7 Å². The van der Waals surface area contributed by atoms with Crippen LogP contribution in [0, 0.1) is 17.4 Å². The highest BCUT2D eigenvalue weighted by molar-refractivity contribution is 14.1. The van der Waals surface area contributed by atoms with Crippen molar-refractivity contribution in [2.45, 2.75) is 20.3 Å². The van der Waals surface area contributed by atoms with Crippen LogP contribution in [-0.4, -0.2) is 5.97 Å². The van der Waals surface area contributed by atoms with E-state index in [9.17, 15) is 4.79 Å². The normalized spacial score (nSPS) is 10.9. The second-order valence-corrected chi connectivity index (χ2v) is 6.57. The standard InChI is InChI=1S/C18H15IO3/c1-11-7-12(2)18-13(10-21-16(18)8-11)9-17(20)22-15-5-3-14(19)4-6-15/h3-8,10H,9H2,1-2H3. The second kappa shape index (κ2) is 6.12. The number of ether oxygens (including phenoxy) is 1. The average molecular weight is 406 g/mol. The van der Waals surface area contributed by atoms with Gasteiger partial charge in [-0.25, -0.2) is 0 Å². The third-order valence-corrected chi connectivity index (χ3v) is 4.19. The summed E-state index contributed by atoms with van der Waals surface area (Å²) in [6.07, 6.45) is 1.84. The van der Waals surface area contributed by atoms with Gasteiger partial charge in [0, 0.05) is 14.5 Å². The van der Waals surface area contributed by atoms with Gasteiger partial charge in [-0.3, -0.25) is 4.79 Å². The van der Waals surface area contributed by atoms with E-state index in [1.165, 1.54) is 0 Å². The Morgan fingerprint density at radius 1 is 1.18 bits per heavy atom. The van der Waals surface area contributed by atoms with Gasteiger partial charge < -0.3 is 9.15 Å². The summed E-state index contributed by atoms with van der Waals surface area (Å²) in [6, 6.07) is 11.5. The van der Waals surface area contributed by atoms with Crippen LogP contribution in [0.25, 0.3) is 11.0 Å². The molecule has 2 aromatic carbocycles. The van der Waals surface area contributed by atoms with Crippen molar-refractivity contribution < 1.29 is 13.9 Å². The molecule has 4 heteroatoms. The molecule has 0 bridgehead atoms. The topological polar surface area (TPSA) is 39.4 Å². The first-order valence-corrected chi connectivity index (χ1v) is 8.04. The quantitative estimate of drug-likeness (QED) is 0.356. The molecule has 0 unspecified atom stereocenters. The van der Waals surface area contributed by atoms with Crippen molar-refractivity contribution in [3.8, 4) is 5.75 Å². The zero-order valence-electron chi connectivity index (χ0n) is 12.4. The van der Waals surface area contributed by atoms with E-state index in [0.29, 0.717) is 5.75 Å². The summed E-state index contributed by atoms with van der Waals surface area (Å²) in [4.78, 5) is 12.1. The molecule has 0 N–H and O–H groups in total. The largest absolute Gasteiger partial charge is 0.464 e. The first kappa shape index (κ1) is 15.1. The number of benzene rings is 2. The molecule has 0 amide bonds. The van der Waals surface area contributed by atoms with E-state index < -0.39 is 0 Å². The Morgan fingerprint density at radius 3 is 2.64 bits per heavy atom. The highest BCUT2D eigenvalue weighted by atomic mass is 127. The van der Waals surface area contributed by atoms with Crippen LogP contribution in [0.3, 0.4) is 0 Å². The Kier molecular flexibility index (Phi) is 4.20. The molecule has 3 aromatic rings. The smallest absolute Gasteiger partial charge is 0.315 e. The monoisotopic (exact) mass is 406 g/mol. The van der Waals surface area contributed by atoms with Crippen molar-refractivity contribution in [1.29, 1.82) is 0 Å². The SMILES string of the molecule is Cc1cc(C)c2c(CC(=O)Oc3ccc(I)cc3)coc2c1. The van der Waals surface area contributed by atoms with Gasteiger partial charge in [0.1, 0.15) is 11.3 Å². The molecule has 0 radical (unpaired) electrons. The number of hydrogen-bond donors (Lipinski definition) is 0. The molecule has 0 saturated carbocycles. The summed E-state index contributed by atoms with van der Waals surface area (Å²) in [5.74, 6) is 0.273. The van der Waals surface area contributed by atoms with Gasteiger partial charge in [-0.05, 0) is 77.9 Å². The number of furan rings is 1. The van der Waals surface area contributed by atoms with Crippen LogP contribution >= 0.6 is 22.6 Å². The highest BCUT2D eigenvalue weighted by Gasteiger charge is 2.14. The Hall–Kier alpha value is -1.82. The van der Waals surface area contributed by atoms with Gasteiger partial charge in [-0.1, -0.05) is 6.07 Å². The molecule has 0 spiro atoms. The van der Waals surface area contributed by atoms with Crippen LogP contribution in [0.4, 0.5) is 0 Å². The van der Waals surface area contributed by atoms with E-state index in [1.54, 1.807) is 18.4 Å². The summed E-state index contributed by atoms with van der Waals surface area (Å²) >= 11 is 2.21. The molecule has 1 aromatic heterocycles. The fraction of sp³-hybridized carbons (Fsp3) is 0.167. The third-order valence-electron chi connectivity index (χ3n) is 3.47.